The summed E-state index contributed by atoms with van der Waals surface area (Å²) in [6.45, 7) is 4.81. The standard InChI is InChI=1S/C19H24N2O4S/c1-14-5-6-17(25-14)11-21-8-7-20(10-15-3-2-4-16(22)9-15)18-12-26(23,24)13-19(18)21/h2-6,9,18-19,22H,7-8,10-13H2,1H3/t18-,19+/m1/s1. The van der Waals surface area contributed by atoms with E-state index in [9.17, 15) is 13.5 Å². The highest BCUT2D eigenvalue weighted by atomic mass is 32.2. The van der Waals surface area contributed by atoms with Gasteiger partial charge in [-0.05, 0) is 36.8 Å². The fourth-order valence-electron chi connectivity index (χ4n) is 4.15. The predicted molar refractivity (Wildman–Crippen MR) is 98.6 cm³/mol. The molecule has 0 spiro atoms. The fraction of sp³-hybridized carbons (Fsp3) is 0.474. The number of piperazine rings is 1. The molecule has 2 aliphatic heterocycles. The highest BCUT2D eigenvalue weighted by Crippen LogP contribution is 2.30. The third-order valence-corrected chi connectivity index (χ3v) is 7.06. The number of aromatic hydroxyl groups is 1. The van der Waals surface area contributed by atoms with Crippen molar-refractivity contribution in [3.63, 3.8) is 0 Å². The Morgan fingerprint density at radius 2 is 1.77 bits per heavy atom. The first-order valence-corrected chi connectivity index (χ1v) is 10.7. The molecule has 140 valence electrons. The zero-order valence-electron chi connectivity index (χ0n) is 14.8. The summed E-state index contributed by atoms with van der Waals surface area (Å²) in [5.41, 5.74) is 1.00. The molecule has 2 saturated heterocycles. The average molecular weight is 376 g/mol. The van der Waals surface area contributed by atoms with Crippen molar-refractivity contribution in [3.05, 3.63) is 53.5 Å². The number of furan rings is 1. The highest BCUT2D eigenvalue weighted by molar-refractivity contribution is 7.91. The van der Waals surface area contributed by atoms with Gasteiger partial charge in [-0.15, -0.1) is 0 Å². The minimum atomic E-state index is -3.05. The minimum Gasteiger partial charge on any atom is -0.508 e. The van der Waals surface area contributed by atoms with Gasteiger partial charge in [-0.3, -0.25) is 9.80 Å². The maximum atomic E-state index is 12.3. The Labute approximate surface area is 153 Å². The van der Waals surface area contributed by atoms with Gasteiger partial charge in [0.1, 0.15) is 17.3 Å². The van der Waals surface area contributed by atoms with Gasteiger partial charge in [0.15, 0.2) is 9.84 Å². The molecule has 7 heteroatoms. The average Bonchev–Trinajstić information content (AvgIpc) is 3.12. The Kier molecular flexibility index (Phi) is 4.54. The molecular weight excluding hydrogens is 352 g/mol. The van der Waals surface area contributed by atoms with Crippen LogP contribution in [0.4, 0.5) is 0 Å². The number of nitrogens with zero attached hydrogens (tertiary/aromatic N) is 2. The van der Waals surface area contributed by atoms with Crippen LogP contribution in [0.3, 0.4) is 0 Å². The van der Waals surface area contributed by atoms with Gasteiger partial charge < -0.3 is 9.52 Å². The van der Waals surface area contributed by atoms with Crippen molar-refractivity contribution in [2.24, 2.45) is 0 Å². The predicted octanol–water partition coefficient (Wildman–Crippen LogP) is 1.78. The number of rotatable bonds is 4. The van der Waals surface area contributed by atoms with E-state index in [0.29, 0.717) is 13.1 Å². The van der Waals surface area contributed by atoms with Crippen molar-refractivity contribution in [1.29, 1.82) is 0 Å². The molecule has 2 fully saturated rings. The molecule has 1 aromatic carbocycles. The van der Waals surface area contributed by atoms with Crippen LogP contribution in [0.15, 0.2) is 40.8 Å². The summed E-state index contributed by atoms with van der Waals surface area (Å²) in [5.74, 6) is 2.40. The molecule has 0 amide bonds. The zero-order chi connectivity index (χ0) is 18.3. The van der Waals surface area contributed by atoms with Gasteiger partial charge in [0.25, 0.3) is 0 Å². The van der Waals surface area contributed by atoms with Crippen LogP contribution in [0, 0.1) is 6.92 Å². The van der Waals surface area contributed by atoms with Crippen molar-refractivity contribution in [3.8, 4) is 5.75 Å². The van der Waals surface area contributed by atoms with Crippen LogP contribution in [0.5, 0.6) is 5.75 Å². The van der Waals surface area contributed by atoms with E-state index in [1.165, 1.54) is 0 Å². The summed E-state index contributed by atoms with van der Waals surface area (Å²) < 4.78 is 30.4. The molecule has 1 N–H and O–H groups in total. The molecule has 3 heterocycles. The zero-order valence-corrected chi connectivity index (χ0v) is 15.7. The number of phenols is 1. The monoisotopic (exact) mass is 376 g/mol. The van der Waals surface area contributed by atoms with Crippen LogP contribution in [0.25, 0.3) is 0 Å². The third-order valence-electron chi connectivity index (χ3n) is 5.36. The number of sulfone groups is 1. The highest BCUT2D eigenvalue weighted by Gasteiger charge is 2.46. The minimum absolute atomic E-state index is 0.0172. The van der Waals surface area contributed by atoms with E-state index < -0.39 is 9.84 Å². The van der Waals surface area contributed by atoms with E-state index >= 15 is 0 Å². The number of hydrogen-bond donors (Lipinski definition) is 1. The van der Waals surface area contributed by atoms with Gasteiger partial charge in [-0.1, -0.05) is 12.1 Å². The molecule has 4 rings (SSSR count). The van der Waals surface area contributed by atoms with Crippen LogP contribution in [0.1, 0.15) is 17.1 Å². The first-order chi connectivity index (χ1) is 12.4. The molecule has 0 unspecified atom stereocenters. The van der Waals surface area contributed by atoms with Gasteiger partial charge >= 0.3 is 0 Å². The van der Waals surface area contributed by atoms with Gasteiger partial charge in [0.2, 0.25) is 0 Å². The normalized spacial score (nSPS) is 26.0. The molecule has 0 aliphatic carbocycles. The summed E-state index contributed by atoms with van der Waals surface area (Å²) in [6, 6.07) is 11.1. The van der Waals surface area contributed by atoms with Gasteiger partial charge in [0.05, 0.1) is 18.1 Å². The quantitative estimate of drug-likeness (QED) is 0.877. The number of phenolic OH excluding ortho intramolecular Hbond substituents is 1. The van der Waals surface area contributed by atoms with Gasteiger partial charge in [-0.2, -0.15) is 0 Å². The summed E-state index contributed by atoms with van der Waals surface area (Å²) in [7, 11) is -3.05. The van der Waals surface area contributed by atoms with Crippen LogP contribution in [-0.2, 0) is 22.9 Å². The molecule has 2 atom stereocenters. The van der Waals surface area contributed by atoms with Crippen molar-refractivity contribution in [2.75, 3.05) is 24.6 Å². The lowest BCUT2D eigenvalue weighted by atomic mass is 10.0. The topological polar surface area (TPSA) is 74.0 Å². The summed E-state index contributed by atoms with van der Waals surface area (Å²) in [6.07, 6.45) is 0. The van der Waals surface area contributed by atoms with Crippen molar-refractivity contribution >= 4 is 9.84 Å². The molecule has 0 bridgehead atoms. The van der Waals surface area contributed by atoms with Crippen LogP contribution >= 0.6 is 0 Å². The number of aryl methyl sites for hydroxylation is 1. The van der Waals surface area contributed by atoms with E-state index in [4.69, 9.17) is 4.42 Å². The SMILES string of the molecule is Cc1ccc(CN2CCN(Cc3cccc(O)c3)[C@@H]3CS(=O)(=O)C[C@@H]32)o1. The molecule has 1 aromatic heterocycles. The summed E-state index contributed by atoms with van der Waals surface area (Å²) >= 11 is 0. The second-order valence-electron chi connectivity index (χ2n) is 7.33. The lowest BCUT2D eigenvalue weighted by molar-refractivity contribution is 0.0315. The third kappa shape index (κ3) is 3.65. The van der Waals surface area contributed by atoms with Crippen LogP contribution < -0.4 is 0 Å². The van der Waals surface area contributed by atoms with E-state index in [1.54, 1.807) is 12.1 Å². The number of benzene rings is 1. The molecule has 26 heavy (non-hydrogen) atoms. The molecule has 2 aromatic rings. The van der Waals surface area contributed by atoms with Gasteiger partial charge in [0, 0.05) is 31.7 Å². The second kappa shape index (κ2) is 6.72. The number of hydrogen-bond acceptors (Lipinski definition) is 6. The van der Waals surface area contributed by atoms with Crippen molar-refractivity contribution in [2.45, 2.75) is 32.1 Å². The first kappa shape index (κ1) is 17.6. The molecule has 6 nitrogen and oxygen atoms in total. The van der Waals surface area contributed by atoms with Crippen LogP contribution in [0.2, 0.25) is 0 Å². The summed E-state index contributed by atoms with van der Waals surface area (Å²) in [5, 5.41) is 9.69. The molecule has 0 radical (unpaired) electrons. The van der Waals surface area contributed by atoms with E-state index in [-0.39, 0.29) is 29.3 Å². The Morgan fingerprint density at radius 3 is 2.38 bits per heavy atom. The lowest BCUT2D eigenvalue weighted by Gasteiger charge is -2.43. The lowest BCUT2D eigenvalue weighted by Crippen LogP contribution is -2.58. The van der Waals surface area contributed by atoms with Crippen LogP contribution in [-0.4, -0.2) is 60.0 Å². The molecule has 2 aliphatic rings. The van der Waals surface area contributed by atoms with E-state index in [0.717, 1.165) is 30.2 Å². The maximum Gasteiger partial charge on any atom is 0.153 e. The Balaban J connectivity index is 1.53. The smallest absolute Gasteiger partial charge is 0.153 e. The van der Waals surface area contributed by atoms with Gasteiger partial charge in [-0.25, -0.2) is 8.42 Å². The Morgan fingerprint density at radius 1 is 1.08 bits per heavy atom. The molecule has 0 saturated carbocycles. The fourth-order valence-corrected chi connectivity index (χ4v) is 6.19. The van der Waals surface area contributed by atoms with E-state index in [1.807, 2.05) is 31.2 Å². The largest absolute Gasteiger partial charge is 0.508 e. The first-order valence-electron chi connectivity index (χ1n) is 8.91. The van der Waals surface area contributed by atoms with Crippen molar-refractivity contribution < 1.29 is 17.9 Å². The number of fused-ring (bicyclic) bond motifs is 1. The molecular formula is C19H24N2O4S. The maximum absolute atomic E-state index is 12.3. The summed E-state index contributed by atoms with van der Waals surface area (Å²) in [4.78, 5) is 4.49. The Bertz CT molecular complexity index is 892. The Hall–Kier alpha value is -1.83. The van der Waals surface area contributed by atoms with E-state index in [2.05, 4.69) is 9.80 Å². The second-order valence-corrected chi connectivity index (χ2v) is 9.49. The van der Waals surface area contributed by atoms with Crippen molar-refractivity contribution in [1.82, 2.24) is 9.80 Å².